The van der Waals surface area contributed by atoms with Crippen LogP contribution < -0.4 is 14.9 Å². The van der Waals surface area contributed by atoms with Gasteiger partial charge in [0, 0.05) is 0 Å². The van der Waals surface area contributed by atoms with Gasteiger partial charge in [-0.1, -0.05) is 79.8 Å². The number of esters is 1. The highest BCUT2D eigenvalue weighted by atomic mass is 32.1. The van der Waals surface area contributed by atoms with Gasteiger partial charge in [-0.25, -0.2) is 9.79 Å². The SMILES string of the molecule is COC(=O)C1=C(C)N=c2s/c(=C\c3ccccc3)c(=O)n2[C@@H]1c1ccc(C(C)C)cc1. The fourth-order valence-corrected chi connectivity index (χ4v) is 4.82. The van der Waals surface area contributed by atoms with Crippen molar-refractivity contribution in [2.75, 3.05) is 7.11 Å². The maximum absolute atomic E-state index is 13.4. The summed E-state index contributed by atoms with van der Waals surface area (Å²) in [4.78, 5) is 31.3. The van der Waals surface area contributed by atoms with Gasteiger partial charge >= 0.3 is 5.97 Å². The molecule has 158 valence electrons. The molecule has 4 rings (SSSR count). The Balaban J connectivity index is 1.95. The molecule has 6 heteroatoms. The Kier molecular flexibility index (Phi) is 5.74. The average molecular weight is 433 g/mol. The monoisotopic (exact) mass is 432 g/mol. The van der Waals surface area contributed by atoms with Gasteiger partial charge in [0.1, 0.15) is 0 Å². The van der Waals surface area contributed by atoms with Crippen LogP contribution in [0.3, 0.4) is 0 Å². The van der Waals surface area contributed by atoms with Crippen molar-refractivity contribution < 1.29 is 9.53 Å². The van der Waals surface area contributed by atoms with Gasteiger partial charge in [0.15, 0.2) is 4.80 Å². The smallest absolute Gasteiger partial charge is 0.338 e. The fourth-order valence-electron chi connectivity index (χ4n) is 3.77. The quantitative estimate of drug-likeness (QED) is 0.593. The van der Waals surface area contributed by atoms with Crippen molar-refractivity contribution >= 4 is 23.4 Å². The van der Waals surface area contributed by atoms with Gasteiger partial charge in [0.2, 0.25) is 0 Å². The Morgan fingerprint density at radius 3 is 2.42 bits per heavy atom. The molecule has 0 saturated heterocycles. The molecule has 1 aliphatic rings. The van der Waals surface area contributed by atoms with Crippen LogP contribution in [0.25, 0.3) is 6.08 Å². The summed E-state index contributed by atoms with van der Waals surface area (Å²) < 4.78 is 7.25. The first-order chi connectivity index (χ1) is 14.9. The number of hydrogen-bond acceptors (Lipinski definition) is 5. The number of hydrogen-bond donors (Lipinski definition) is 0. The molecule has 0 fully saturated rings. The van der Waals surface area contributed by atoms with Crippen LogP contribution in [0.1, 0.15) is 49.4 Å². The number of aromatic nitrogens is 1. The van der Waals surface area contributed by atoms with Gasteiger partial charge in [-0.15, -0.1) is 0 Å². The van der Waals surface area contributed by atoms with E-state index in [4.69, 9.17) is 4.74 Å². The van der Waals surface area contributed by atoms with Crippen LogP contribution >= 0.6 is 11.3 Å². The second kappa shape index (κ2) is 8.47. The molecule has 2 aromatic carbocycles. The minimum absolute atomic E-state index is 0.167. The van der Waals surface area contributed by atoms with Gasteiger partial charge in [-0.2, -0.15) is 0 Å². The first kappa shape index (κ1) is 21.0. The number of rotatable bonds is 4. The van der Waals surface area contributed by atoms with E-state index in [1.165, 1.54) is 24.0 Å². The first-order valence-corrected chi connectivity index (χ1v) is 11.0. The van der Waals surface area contributed by atoms with E-state index in [1.54, 1.807) is 11.5 Å². The van der Waals surface area contributed by atoms with Crippen LogP contribution in [0.15, 0.2) is 75.7 Å². The van der Waals surface area contributed by atoms with Crippen molar-refractivity contribution in [3.63, 3.8) is 0 Å². The molecule has 0 unspecified atom stereocenters. The maximum atomic E-state index is 13.4. The first-order valence-electron chi connectivity index (χ1n) is 10.2. The van der Waals surface area contributed by atoms with Crippen molar-refractivity contribution in [1.29, 1.82) is 0 Å². The zero-order valence-electron chi connectivity index (χ0n) is 18.0. The average Bonchev–Trinajstić information content (AvgIpc) is 3.07. The molecular weight excluding hydrogens is 408 g/mol. The van der Waals surface area contributed by atoms with E-state index in [-0.39, 0.29) is 5.56 Å². The molecule has 1 aliphatic heterocycles. The number of ether oxygens (including phenoxy) is 1. The standard InChI is InChI=1S/C25H24N2O3S/c1-15(2)18-10-12-19(13-11-18)22-21(24(29)30-4)16(3)26-25-27(22)23(28)20(31-25)14-17-8-6-5-7-9-17/h5-15,22H,1-4H3/b20-14-/t22-/m1/s1. The summed E-state index contributed by atoms with van der Waals surface area (Å²) in [6.07, 6.45) is 1.86. The Labute approximate surface area is 184 Å². The van der Waals surface area contributed by atoms with Crippen molar-refractivity contribution in [2.24, 2.45) is 4.99 Å². The minimum atomic E-state index is -0.581. The zero-order chi connectivity index (χ0) is 22.1. The number of nitrogens with zero attached hydrogens (tertiary/aromatic N) is 2. The van der Waals surface area contributed by atoms with E-state index in [1.807, 2.05) is 60.7 Å². The summed E-state index contributed by atoms with van der Waals surface area (Å²) in [6, 6.07) is 17.2. The van der Waals surface area contributed by atoms with Crippen molar-refractivity contribution in [1.82, 2.24) is 4.57 Å². The topological polar surface area (TPSA) is 60.7 Å². The normalized spacial score (nSPS) is 16.3. The number of thiazole rings is 1. The third-order valence-corrected chi connectivity index (χ3v) is 6.43. The van der Waals surface area contributed by atoms with Gasteiger partial charge in [0.25, 0.3) is 5.56 Å². The van der Waals surface area contributed by atoms with E-state index < -0.39 is 12.0 Å². The van der Waals surface area contributed by atoms with E-state index in [2.05, 4.69) is 18.8 Å². The predicted molar refractivity (Wildman–Crippen MR) is 123 cm³/mol. The molecule has 5 nitrogen and oxygen atoms in total. The Morgan fingerprint density at radius 1 is 1.13 bits per heavy atom. The summed E-state index contributed by atoms with van der Waals surface area (Å²) in [5, 5.41) is 0. The van der Waals surface area contributed by atoms with E-state index in [0.717, 1.165) is 11.1 Å². The number of benzene rings is 2. The zero-order valence-corrected chi connectivity index (χ0v) is 18.8. The molecule has 0 radical (unpaired) electrons. The van der Waals surface area contributed by atoms with E-state index in [9.17, 15) is 9.59 Å². The second-order valence-electron chi connectivity index (χ2n) is 7.81. The molecule has 0 spiro atoms. The summed E-state index contributed by atoms with van der Waals surface area (Å²) in [5.74, 6) is -0.0872. The highest BCUT2D eigenvalue weighted by Crippen LogP contribution is 2.31. The Bertz CT molecular complexity index is 1330. The van der Waals surface area contributed by atoms with Gasteiger partial charge in [-0.05, 0) is 35.6 Å². The molecule has 0 N–H and O–H groups in total. The summed E-state index contributed by atoms with van der Waals surface area (Å²) in [7, 11) is 1.35. The van der Waals surface area contributed by atoms with Crippen LogP contribution in [-0.4, -0.2) is 17.6 Å². The van der Waals surface area contributed by atoms with Gasteiger partial charge in [-0.3, -0.25) is 9.36 Å². The van der Waals surface area contributed by atoms with Crippen molar-refractivity contribution in [2.45, 2.75) is 32.7 Å². The largest absolute Gasteiger partial charge is 0.466 e. The predicted octanol–water partition coefficient (Wildman–Crippen LogP) is 3.53. The molecule has 3 aromatic rings. The third-order valence-electron chi connectivity index (χ3n) is 5.44. The molecule has 31 heavy (non-hydrogen) atoms. The van der Waals surface area contributed by atoms with Crippen molar-refractivity contribution in [3.05, 3.63) is 102 Å². The van der Waals surface area contributed by atoms with E-state index >= 15 is 0 Å². The molecule has 0 aliphatic carbocycles. The highest BCUT2D eigenvalue weighted by molar-refractivity contribution is 7.07. The van der Waals surface area contributed by atoms with Crippen LogP contribution in [0, 0.1) is 0 Å². The third kappa shape index (κ3) is 3.91. The number of methoxy groups -OCH3 is 1. The van der Waals surface area contributed by atoms with Crippen LogP contribution in [0.4, 0.5) is 0 Å². The molecule has 2 heterocycles. The molecule has 1 atom stereocenters. The lowest BCUT2D eigenvalue weighted by molar-refractivity contribution is -0.136. The lowest BCUT2D eigenvalue weighted by Gasteiger charge is -2.24. The Hall–Kier alpha value is -3.25. The van der Waals surface area contributed by atoms with Crippen LogP contribution in [-0.2, 0) is 9.53 Å². The Morgan fingerprint density at radius 2 is 1.81 bits per heavy atom. The lowest BCUT2D eigenvalue weighted by atomic mass is 9.93. The van der Waals surface area contributed by atoms with Crippen LogP contribution in [0.2, 0.25) is 0 Å². The van der Waals surface area contributed by atoms with E-state index in [0.29, 0.717) is 26.5 Å². The second-order valence-corrected chi connectivity index (χ2v) is 8.81. The highest BCUT2D eigenvalue weighted by Gasteiger charge is 2.33. The number of carbonyl (C=O) groups is 1. The number of carbonyl (C=O) groups excluding carboxylic acids is 1. The molecular formula is C25H24N2O3S. The fraction of sp³-hybridized carbons (Fsp3) is 0.240. The minimum Gasteiger partial charge on any atom is -0.466 e. The van der Waals surface area contributed by atoms with Gasteiger partial charge < -0.3 is 4.74 Å². The molecule has 1 aromatic heterocycles. The maximum Gasteiger partial charge on any atom is 0.338 e. The number of allylic oxidation sites excluding steroid dienone is 1. The number of fused-ring (bicyclic) bond motifs is 1. The van der Waals surface area contributed by atoms with Gasteiger partial charge in [0.05, 0.1) is 29.0 Å². The summed E-state index contributed by atoms with van der Waals surface area (Å²) in [5.41, 5.74) is 3.77. The molecule has 0 bridgehead atoms. The molecule has 0 saturated carbocycles. The summed E-state index contributed by atoms with van der Waals surface area (Å²) in [6.45, 7) is 6.05. The molecule has 0 amide bonds. The van der Waals surface area contributed by atoms with Crippen molar-refractivity contribution in [3.8, 4) is 0 Å². The lowest BCUT2D eigenvalue weighted by Crippen LogP contribution is -2.39. The van der Waals surface area contributed by atoms with Crippen LogP contribution in [0.5, 0.6) is 0 Å². The summed E-state index contributed by atoms with van der Waals surface area (Å²) >= 11 is 1.33.